The summed E-state index contributed by atoms with van der Waals surface area (Å²) in [6.45, 7) is 8.03. The number of unbranched alkanes of at least 4 members (excludes halogenated alkanes) is 2. The maximum absolute atomic E-state index is 10.9. The molecule has 114 valence electrons. The zero-order valence-corrected chi connectivity index (χ0v) is 13.3. The van der Waals surface area contributed by atoms with E-state index in [1.165, 1.54) is 11.8 Å². The summed E-state index contributed by atoms with van der Waals surface area (Å²) in [5.41, 5.74) is 9.58. The molecule has 0 rings (SSSR count). The third kappa shape index (κ3) is 22.9. The van der Waals surface area contributed by atoms with Crippen molar-refractivity contribution in [2.75, 3.05) is 12.3 Å². The second-order valence-electron chi connectivity index (χ2n) is 4.94. The third-order valence-electron chi connectivity index (χ3n) is 1.80. The zero-order chi connectivity index (χ0) is 15.3. The Morgan fingerprint density at radius 2 is 1.74 bits per heavy atom. The van der Waals surface area contributed by atoms with Gasteiger partial charge in [-0.15, -0.1) is 0 Å². The number of carbonyl (C=O) groups is 2. The Labute approximate surface area is 120 Å². The standard InChI is InChI=1S/C8H17NOS.C5H11NO2/c1-2-11-8(10)6-4-3-5-7-9;1-5(2,3)8-4(6)7/h2-7,9H2,1H3;1-3H3,(H2,6,7). The molecule has 0 aliphatic rings. The summed E-state index contributed by atoms with van der Waals surface area (Å²) < 4.78 is 4.58. The van der Waals surface area contributed by atoms with E-state index in [1.807, 2.05) is 6.92 Å². The van der Waals surface area contributed by atoms with Crippen LogP contribution in [0.5, 0.6) is 0 Å². The van der Waals surface area contributed by atoms with Gasteiger partial charge in [0.2, 0.25) is 0 Å². The monoisotopic (exact) mass is 292 g/mol. The molecule has 0 saturated heterocycles. The minimum Gasteiger partial charge on any atom is -0.444 e. The van der Waals surface area contributed by atoms with E-state index in [4.69, 9.17) is 11.5 Å². The fourth-order valence-corrected chi connectivity index (χ4v) is 1.74. The molecule has 0 aromatic carbocycles. The normalized spacial score (nSPS) is 10.4. The van der Waals surface area contributed by atoms with Crippen LogP contribution in [0.1, 0.15) is 53.4 Å². The van der Waals surface area contributed by atoms with Crippen molar-refractivity contribution in [2.45, 2.75) is 59.0 Å². The van der Waals surface area contributed by atoms with Crippen LogP contribution < -0.4 is 11.5 Å². The van der Waals surface area contributed by atoms with Gasteiger partial charge in [-0.2, -0.15) is 0 Å². The minimum atomic E-state index is -0.725. The van der Waals surface area contributed by atoms with E-state index >= 15 is 0 Å². The molecule has 0 radical (unpaired) electrons. The summed E-state index contributed by atoms with van der Waals surface area (Å²) in [7, 11) is 0. The lowest BCUT2D eigenvalue weighted by atomic mass is 10.2. The number of primary amides is 1. The Morgan fingerprint density at radius 3 is 2.05 bits per heavy atom. The number of rotatable bonds is 6. The smallest absolute Gasteiger partial charge is 0.405 e. The van der Waals surface area contributed by atoms with Gasteiger partial charge in [0, 0.05) is 6.42 Å². The molecule has 0 unspecified atom stereocenters. The molecule has 6 heteroatoms. The van der Waals surface area contributed by atoms with Gasteiger partial charge in [0.25, 0.3) is 0 Å². The number of amides is 1. The maximum Gasteiger partial charge on any atom is 0.405 e. The lowest BCUT2D eigenvalue weighted by Gasteiger charge is -2.16. The van der Waals surface area contributed by atoms with Gasteiger partial charge in [-0.05, 0) is 45.9 Å². The maximum atomic E-state index is 10.9. The van der Waals surface area contributed by atoms with Crippen molar-refractivity contribution in [3.63, 3.8) is 0 Å². The van der Waals surface area contributed by atoms with E-state index in [0.717, 1.165) is 38.0 Å². The van der Waals surface area contributed by atoms with Gasteiger partial charge in [-0.25, -0.2) is 4.79 Å². The highest BCUT2D eigenvalue weighted by Gasteiger charge is 2.12. The highest BCUT2D eigenvalue weighted by Crippen LogP contribution is 2.08. The van der Waals surface area contributed by atoms with Crippen LogP contribution in [0, 0.1) is 0 Å². The lowest BCUT2D eigenvalue weighted by molar-refractivity contribution is -0.111. The van der Waals surface area contributed by atoms with Gasteiger partial charge in [0.05, 0.1) is 0 Å². The lowest BCUT2D eigenvalue weighted by Crippen LogP contribution is -2.27. The van der Waals surface area contributed by atoms with Crippen LogP contribution in [0.2, 0.25) is 0 Å². The van der Waals surface area contributed by atoms with Gasteiger partial charge < -0.3 is 16.2 Å². The summed E-state index contributed by atoms with van der Waals surface area (Å²) >= 11 is 1.42. The highest BCUT2D eigenvalue weighted by molar-refractivity contribution is 8.13. The molecule has 0 heterocycles. The number of carbonyl (C=O) groups excluding carboxylic acids is 2. The SMILES string of the molecule is CC(C)(C)OC(N)=O.CCSC(=O)CCCCCN. The topological polar surface area (TPSA) is 95.4 Å². The van der Waals surface area contributed by atoms with Crippen molar-refractivity contribution >= 4 is 23.0 Å². The van der Waals surface area contributed by atoms with Crippen molar-refractivity contribution in [2.24, 2.45) is 11.5 Å². The van der Waals surface area contributed by atoms with E-state index in [2.05, 4.69) is 4.74 Å². The van der Waals surface area contributed by atoms with Crippen LogP contribution in [-0.2, 0) is 9.53 Å². The first-order valence-corrected chi connectivity index (χ1v) is 7.55. The van der Waals surface area contributed by atoms with Gasteiger partial charge >= 0.3 is 6.09 Å². The van der Waals surface area contributed by atoms with Gasteiger partial charge in [0.1, 0.15) is 5.60 Å². The largest absolute Gasteiger partial charge is 0.444 e. The zero-order valence-electron chi connectivity index (χ0n) is 12.5. The van der Waals surface area contributed by atoms with Crippen molar-refractivity contribution < 1.29 is 14.3 Å². The second kappa shape index (κ2) is 12.3. The number of nitrogens with two attached hydrogens (primary N) is 2. The predicted octanol–water partition coefficient (Wildman–Crippen LogP) is 2.67. The average Bonchev–Trinajstić information content (AvgIpc) is 2.22. The predicted molar refractivity (Wildman–Crippen MR) is 81.1 cm³/mol. The molecule has 4 N–H and O–H groups in total. The highest BCUT2D eigenvalue weighted by atomic mass is 32.2. The Hall–Kier alpha value is -0.750. The fraction of sp³-hybridized carbons (Fsp3) is 0.846. The Bertz CT molecular complexity index is 253. The van der Waals surface area contributed by atoms with Crippen molar-refractivity contribution in [1.82, 2.24) is 0 Å². The Morgan fingerprint density at radius 1 is 1.16 bits per heavy atom. The summed E-state index contributed by atoms with van der Waals surface area (Å²) in [5.74, 6) is 0.899. The summed E-state index contributed by atoms with van der Waals surface area (Å²) in [4.78, 5) is 21.0. The molecule has 19 heavy (non-hydrogen) atoms. The number of ether oxygens (including phenoxy) is 1. The number of hydrogen-bond acceptors (Lipinski definition) is 5. The van der Waals surface area contributed by atoms with Crippen LogP contribution in [-0.4, -0.2) is 29.1 Å². The molecule has 0 spiro atoms. The molecule has 0 fully saturated rings. The Kier molecular flexibility index (Phi) is 13.3. The van der Waals surface area contributed by atoms with Gasteiger partial charge in [0.15, 0.2) is 5.12 Å². The molecule has 0 aliphatic heterocycles. The molecule has 0 aromatic heterocycles. The molecular formula is C13H28N2O3S. The molecule has 0 aliphatic carbocycles. The molecule has 1 amide bonds. The second-order valence-corrected chi connectivity index (χ2v) is 6.26. The van der Waals surface area contributed by atoms with E-state index in [9.17, 15) is 9.59 Å². The first-order valence-electron chi connectivity index (χ1n) is 6.57. The van der Waals surface area contributed by atoms with E-state index < -0.39 is 11.7 Å². The van der Waals surface area contributed by atoms with Crippen molar-refractivity contribution in [3.8, 4) is 0 Å². The van der Waals surface area contributed by atoms with Crippen LogP contribution in [0.25, 0.3) is 0 Å². The van der Waals surface area contributed by atoms with Gasteiger partial charge in [-0.3, -0.25) is 4.79 Å². The number of thioether (sulfide) groups is 1. The van der Waals surface area contributed by atoms with Crippen LogP contribution in [0.3, 0.4) is 0 Å². The third-order valence-corrected chi connectivity index (χ3v) is 2.61. The quantitative estimate of drug-likeness (QED) is 0.734. The summed E-state index contributed by atoms with van der Waals surface area (Å²) in [6.07, 6.45) is 3.13. The molecular weight excluding hydrogens is 264 g/mol. The molecule has 0 saturated carbocycles. The molecule has 5 nitrogen and oxygen atoms in total. The minimum absolute atomic E-state index is 0.324. The first-order chi connectivity index (χ1) is 8.72. The van der Waals surface area contributed by atoms with Crippen LogP contribution in [0.15, 0.2) is 0 Å². The van der Waals surface area contributed by atoms with Gasteiger partial charge in [-0.1, -0.05) is 25.1 Å². The fourth-order valence-electron chi connectivity index (χ4n) is 1.13. The van der Waals surface area contributed by atoms with Crippen LogP contribution >= 0.6 is 11.8 Å². The number of hydrogen-bond donors (Lipinski definition) is 2. The summed E-state index contributed by atoms with van der Waals surface area (Å²) in [5, 5.41) is 0.324. The van der Waals surface area contributed by atoms with E-state index in [-0.39, 0.29) is 0 Å². The molecule has 0 bridgehead atoms. The molecule has 0 aromatic rings. The first kappa shape index (κ1) is 20.6. The van der Waals surface area contributed by atoms with Crippen molar-refractivity contribution in [1.29, 1.82) is 0 Å². The average molecular weight is 292 g/mol. The van der Waals surface area contributed by atoms with E-state index in [1.54, 1.807) is 20.8 Å². The summed E-state index contributed by atoms with van der Waals surface area (Å²) in [6, 6.07) is 0. The van der Waals surface area contributed by atoms with E-state index in [0.29, 0.717) is 5.12 Å². The van der Waals surface area contributed by atoms with Crippen molar-refractivity contribution in [3.05, 3.63) is 0 Å². The Balaban J connectivity index is 0. The molecule has 0 atom stereocenters. The van der Waals surface area contributed by atoms with Crippen LogP contribution in [0.4, 0.5) is 4.79 Å².